The Morgan fingerprint density at radius 1 is 0.583 bits per heavy atom. The van der Waals surface area contributed by atoms with E-state index in [1.165, 1.54) is 71.0 Å². The van der Waals surface area contributed by atoms with E-state index in [9.17, 15) is 0 Å². The fraction of sp³-hybridized carbons (Fsp3) is 0.294. The second kappa shape index (κ2) is 6.82. The van der Waals surface area contributed by atoms with Gasteiger partial charge in [-0.1, -0.05) is 54.6 Å². The summed E-state index contributed by atoms with van der Waals surface area (Å²) in [7, 11) is 0. The monoisotopic (exact) mass is 466 g/mol. The first-order chi connectivity index (χ1) is 17.8. The minimum absolute atomic E-state index is 0.169. The number of benzene rings is 4. The van der Waals surface area contributed by atoms with E-state index in [1.54, 1.807) is 11.1 Å². The highest BCUT2D eigenvalue weighted by Crippen LogP contribution is 2.69. The molecule has 1 aromatic heterocycles. The van der Waals surface area contributed by atoms with Crippen molar-refractivity contribution >= 4 is 38.9 Å². The molecule has 4 fully saturated rings. The van der Waals surface area contributed by atoms with Crippen LogP contribution in [0.2, 0.25) is 0 Å². The van der Waals surface area contributed by atoms with Crippen LogP contribution in [-0.2, 0) is 5.41 Å². The first-order valence-corrected chi connectivity index (χ1v) is 13.8. The van der Waals surface area contributed by atoms with Gasteiger partial charge in [-0.05, 0) is 103 Å². The standard InChI is InChI=1S/C34H30N2/c1-4-10-30-26(7-1)27-20-25(13-14-31(27)35-30)36-32-11-5-2-8-28(32)34(29-9-3-6-12-33(29)36)23-16-21-15-22(18-23)19-24(34)17-21/h1-14,20-24,35H,15-19H2/t21-,22?,23-,24?/m0/s1. The quantitative estimate of drug-likeness (QED) is 0.261. The molecule has 5 aliphatic rings. The number of fused-ring (bicyclic) bond motifs is 5. The van der Waals surface area contributed by atoms with Gasteiger partial charge in [-0.25, -0.2) is 0 Å². The number of hydrogen-bond acceptors (Lipinski definition) is 1. The number of aromatic amines is 1. The van der Waals surface area contributed by atoms with E-state index in [0.29, 0.717) is 0 Å². The summed E-state index contributed by atoms with van der Waals surface area (Å²) >= 11 is 0. The molecule has 10 rings (SSSR count). The largest absolute Gasteiger partial charge is 0.355 e. The molecule has 4 saturated carbocycles. The molecular weight excluding hydrogens is 436 g/mol. The molecule has 1 aliphatic heterocycles. The van der Waals surface area contributed by atoms with Crippen molar-refractivity contribution in [2.45, 2.75) is 37.5 Å². The number of aromatic nitrogens is 1. The van der Waals surface area contributed by atoms with Gasteiger partial charge in [0.1, 0.15) is 0 Å². The minimum atomic E-state index is 0.169. The van der Waals surface area contributed by atoms with Gasteiger partial charge in [-0.2, -0.15) is 0 Å². The lowest BCUT2D eigenvalue weighted by Gasteiger charge is -2.64. The molecule has 4 aliphatic carbocycles. The lowest BCUT2D eigenvalue weighted by atomic mass is 9.41. The van der Waals surface area contributed by atoms with Crippen LogP contribution < -0.4 is 4.90 Å². The first kappa shape index (κ1) is 19.6. The van der Waals surface area contributed by atoms with Gasteiger partial charge in [-0.3, -0.25) is 0 Å². The molecule has 2 nitrogen and oxygen atoms in total. The Labute approximate surface area is 212 Å². The second-order valence-electron chi connectivity index (χ2n) is 11.9. The zero-order valence-corrected chi connectivity index (χ0v) is 20.5. The van der Waals surface area contributed by atoms with E-state index in [0.717, 1.165) is 23.7 Å². The zero-order chi connectivity index (χ0) is 23.4. The summed E-state index contributed by atoms with van der Waals surface area (Å²) in [5, 5.41) is 2.60. The van der Waals surface area contributed by atoms with Gasteiger partial charge in [0.2, 0.25) is 0 Å². The fourth-order valence-corrected chi connectivity index (χ4v) is 9.37. The molecular formula is C34H30N2. The summed E-state index contributed by atoms with van der Waals surface area (Å²) in [5.74, 6) is 3.46. The van der Waals surface area contributed by atoms with E-state index in [4.69, 9.17) is 0 Å². The Morgan fingerprint density at radius 2 is 1.17 bits per heavy atom. The number of rotatable bonds is 1. The van der Waals surface area contributed by atoms with E-state index < -0.39 is 0 Å². The van der Waals surface area contributed by atoms with Crippen molar-refractivity contribution in [1.82, 2.24) is 4.98 Å². The van der Waals surface area contributed by atoms with E-state index in [-0.39, 0.29) is 5.41 Å². The summed E-state index contributed by atoms with van der Waals surface area (Å²) in [6.45, 7) is 0. The van der Waals surface area contributed by atoms with Gasteiger partial charge >= 0.3 is 0 Å². The maximum Gasteiger partial charge on any atom is 0.0503 e. The molecule has 2 heterocycles. The molecule has 1 N–H and O–H groups in total. The van der Waals surface area contributed by atoms with Crippen molar-refractivity contribution in [3.63, 3.8) is 0 Å². The molecule has 1 spiro atoms. The maximum absolute atomic E-state index is 3.61. The smallest absolute Gasteiger partial charge is 0.0503 e. The highest BCUT2D eigenvalue weighted by Gasteiger charge is 2.61. The summed E-state index contributed by atoms with van der Waals surface area (Å²) in [6, 6.07) is 34.4. The minimum Gasteiger partial charge on any atom is -0.355 e. The summed E-state index contributed by atoms with van der Waals surface area (Å²) < 4.78 is 0. The summed E-state index contributed by atoms with van der Waals surface area (Å²) in [4.78, 5) is 6.17. The van der Waals surface area contributed by atoms with Crippen molar-refractivity contribution in [2.75, 3.05) is 4.90 Å². The topological polar surface area (TPSA) is 19.0 Å². The normalized spacial score (nSPS) is 27.1. The molecule has 36 heavy (non-hydrogen) atoms. The highest BCUT2D eigenvalue weighted by atomic mass is 15.2. The average molecular weight is 467 g/mol. The molecule has 5 aromatic rings. The zero-order valence-electron chi connectivity index (χ0n) is 20.5. The molecule has 0 radical (unpaired) electrons. The van der Waals surface area contributed by atoms with Crippen LogP contribution in [0.15, 0.2) is 91.0 Å². The van der Waals surface area contributed by atoms with Crippen molar-refractivity contribution in [2.24, 2.45) is 23.7 Å². The van der Waals surface area contributed by atoms with Crippen LogP contribution in [0.1, 0.15) is 43.2 Å². The number of nitrogens with zero attached hydrogens (tertiary/aromatic N) is 1. The lowest BCUT2D eigenvalue weighted by Crippen LogP contribution is -2.57. The number of H-pyrrole nitrogens is 1. The van der Waals surface area contributed by atoms with Gasteiger partial charge in [0, 0.05) is 32.9 Å². The van der Waals surface area contributed by atoms with Gasteiger partial charge in [0.05, 0.1) is 11.4 Å². The van der Waals surface area contributed by atoms with Crippen molar-refractivity contribution < 1.29 is 0 Å². The van der Waals surface area contributed by atoms with Gasteiger partial charge < -0.3 is 9.88 Å². The third kappa shape index (κ3) is 2.34. The maximum atomic E-state index is 3.61. The van der Waals surface area contributed by atoms with E-state index in [2.05, 4.69) is 101 Å². The molecule has 0 unspecified atom stereocenters. The van der Waals surface area contributed by atoms with Gasteiger partial charge in [-0.15, -0.1) is 0 Å². The Kier molecular flexibility index (Phi) is 3.72. The van der Waals surface area contributed by atoms with Crippen LogP contribution in [0.25, 0.3) is 21.8 Å². The Bertz CT molecular complexity index is 1600. The van der Waals surface area contributed by atoms with Crippen LogP contribution in [-0.4, -0.2) is 4.98 Å². The molecule has 4 aromatic carbocycles. The third-order valence-electron chi connectivity index (χ3n) is 10.4. The van der Waals surface area contributed by atoms with Gasteiger partial charge in [0.15, 0.2) is 0 Å². The van der Waals surface area contributed by atoms with Crippen LogP contribution in [0.3, 0.4) is 0 Å². The molecule has 0 atom stereocenters. The van der Waals surface area contributed by atoms with Crippen molar-refractivity contribution in [3.8, 4) is 0 Å². The molecule has 0 saturated heterocycles. The van der Waals surface area contributed by atoms with Crippen LogP contribution in [0.4, 0.5) is 17.1 Å². The van der Waals surface area contributed by atoms with Crippen molar-refractivity contribution in [3.05, 3.63) is 102 Å². The number of nitrogens with one attached hydrogen (secondary N) is 1. The predicted octanol–water partition coefficient (Wildman–Crippen LogP) is 8.85. The van der Waals surface area contributed by atoms with Crippen LogP contribution in [0, 0.1) is 23.7 Å². The number of hydrogen-bond donors (Lipinski definition) is 1. The first-order valence-electron chi connectivity index (χ1n) is 13.8. The van der Waals surface area contributed by atoms with E-state index in [1.807, 2.05) is 0 Å². The molecule has 0 amide bonds. The van der Waals surface area contributed by atoms with Gasteiger partial charge in [0.25, 0.3) is 0 Å². The number of para-hydroxylation sites is 3. The molecule has 4 bridgehead atoms. The predicted molar refractivity (Wildman–Crippen MR) is 148 cm³/mol. The van der Waals surface area contributed by atoms with Crippen LogP contribution in [0.5, 0.6) is 0 Å². The average Bonchev–Trinajstić information content (AvgIpc) is 3.28. The molecule has 2 heteroatoms. The fourth-order valence-electron chi connectivity index (χ4n) is 9.37. The highest BCUT2D eigenvalue weighted by molar-refractivity contribution is 6.09. The molecule has 176 valence electrons. The van der Waals surface area contributed by atoms with Crippen molar-refractivity contribution in [1.29, 1.82) is 0 Å². The second-order valence-corrected chi connectivity index (χ2v) is 11.9. The Hall–Kier alpha value is -3.52. The Balaban J connectivity index is 1.31. The SMILES string of the molecule is c1ccc2c(c1)N(c1ccc3[nH]c4ccccc4c3c1)c1ccccc1C21C2CC3C[C@H](C2)C[C@H]1C3. The Morgan fingerprint density at radius 3 is 1.86 bits per heavy atom. The van der Waals surface area contributed by atoms with E-state index >= 15 is 0 Å². The summed E-state index contributed by atoms with van der Waals surface area (Å²) in [5.41, 5.74) is 9.78. The summed E-state index contributed by atoms with van der Waals surface area (Å²) in [6.07, 6.45) is 7.14. The third-order valence-corrected chi connectivity index (χ3v) is 10.4. The van der Waals surface area contributed by atoms with Crippen LogP contribution >= 0.6 is 0 Å². The lowest BCUT2D eigenvalue weighted by molar-refractivity contribution is -0.0419. The number of anilines is 3.